The van der Waals surface area contributed by atoms with Crippen LogP contribution in [-0.2, 0) is 4.79 Å². The maximum absolute atomic E-state index is 12.0. The summed E-state index contributed by atoms with van der Waals surface area (Å²) >= 11 is 28.9. The molecule has 0 heterocycles. The van der Waals surface area contributed by atoms with Gasteiger partial charge in [0.2, 0.25) is 9.70 Å². The van der Waals surface area contributed by atoms with Crippen molar-refractivity contribution in [2.24, 2.45) is 0 Å². The van der Waals surface area contributed by atoms with Gasteiger partial charge < -0.3 is 16.0 Å². The number of carbonyl (C=O) groups excluding carboxylic acids is 1. The van der Waals surface area contributed by atoms with Crippen LogP contribution < -0.4 is 16.0 Å². The molecule has 0 aliphatic heterocycles. The minimum absolute atomic E-state index is 0.0101. The molecule has 3 N–H and O–H groups in total. The van der Waals surface area contributed by atoms with Gasteiger partial charge in [0.05, 0.1) is 15.6 Å². The largest absolute Gasteiger partial charge is 0.339 e. The number of nitro benzene ring substituents is 1. The number of hydrogen-bond donors (Lipinski definition) is 3. The van der Waals surface area contributed by atoms with Gasteiger partial charge in [-0.25, -0.2) is 0 Å². The van der Waals surface area contributed by atoms with Crippen molar-refractivity contribution in [3.8, 4) is 0 Å². The second-order valence-corrected chi connectivity index (χ2v) is 8.70. The molecule has 1 atom stereocenters. The highest BCUT2D eigenvalue weighted by Crippen LogP contribution is 2.30. The Labute approximate surface area is 182 Å². The van der Waals surface area contributed by atoms with Gasteiger partial charge >= 0.3 is 0 Å². The second kappa shape index (κ2) is 11.1. The maximum atomic E-state index is 12.0. The molecule has 12 heteroatoms. The molecule has 27 heavy (non-hydrogen) atoms. The highest BCUT2D eigenvalue weighted by Gasteiger charge is 2.34. The normalized spacial score (nSPS) is 12.2. The molecule has 0 radical (unpaired) electrons. The fourth-order valence-corrected chi connectivity index (χ4v) is 2.75. The molecule has 0 aliphatic rings. The van der Waals surface area contributed by atoms with Crippen LogP contribution in [0.1, 0.15) is 32.6 Å². The Balaban J connectivity index is 2.74. The first-order chi connectivity index (χ1) is 12.5. The van der Waals surface area contributed by atoms with E-state index in [2.05, 4.69) is 16.0 Å². The van der Waals surface area contributed by atoms with Crippen molar-refractivity contribution >= 4 is 81.0 Å². The zero-order valence-corrected chi connectivity index (χ0v) is 18.1. The Hall–Kier alpha value is -1.06. The summed E-state index contributed by atoms with van der Waals surface area (Å²) in [6.07, 6.45) is 1.81. The third kappa shape index (κ3) is 8.66. The Morgan fingerprint density at radius 3 is 2.48 bits per heavy atom. The van der Waals surface area contributed by atoms with Gasteiger partial charge in [0.25, 0.3) is 5.69 Å². The molecule has 0 saturated heterocycles. The number of halogens is 4. The lowest BCUT2D eigenvalue weighted by atomic mass is 10.2. The van der Waals surface area contributed by atoms with Gasteiger partial charge in [-0.1, -0.05) is 66.2 Å². The van der Waals surface area contributed by atoms with Crippen molar-refractivity contribution < 1.29 is 9.72 Å². The monoisotopic (exact) mass is 474 g/mol. The summed E-state index contributed by atoms with van der Waals surface area (Å²) in [5.41, 5.74) is 0.153. The number of unbranched alkanes of at least 4 members (excludes halogenated alkanes) is 2. The highest BCUT2D eigenvalue weighted by molar-refractivity contribution is 7.80. The minimum Gasteiger partial charge on any atom is -0.339 e. The van der Waals surface area contributed by atoms with E-state index in [1.54, 1.807) is 0 Å². The summed E-state index contributed by atoms with van der Waals surface area (Å²) in [6, 6.07) is 3.83. The molecular weight excluding hydrogens is 458 g/mol. The fourth-order valence-electron chi connectivity index (χ4n) is 1.98. The third-order valence-electron chi connectivity index (χ3n) is 3.33. The third-order valence-corrected chi connectivity index (χ3v) is 4.51. The molecule has 0 fully saturated rings. The predicted molar refractivity (Wildman–Crippen MR) is 114 cm³/mol. The average Bonchev–Trinajstić information content (AvgIpc) is 2.55. The van der Waals surface area contributed by atoms with E-state index in [4.69, 9.17) is 58.6 Å². The standard InChI is InChI=1S/C15H18Cl4N4O3S/c1-2-3-4-5-12(24)21-13(15(17,18)19)22-14(27)20-11-7-6-9(23(25)26)8-10(11)16/h6-8,13H,2-5H2,1H3,(H,21,24)(H2,20,22,27)/t13-/m0/s1. The van der Waals surface area contributed by atoms with Crippen molar-refractivity contribution in [2.45, 2.75) is 42.6 Å². The van der Waals surface area contributed by atoms with E-state index in [0.717, 1.165) is 19.3 Å². The molecule has 1 amide bonds. The average molecular weight is 476 g/mol. The number of alkyl halides is 3. The van der Waals surface area contributed by atoms with Crippen molar-refractivity contribution in [1.82, 2.24) is 10.6 Å². The lowest BCUT2D eigenvalue weighted by Gasteiger charge is -2.28. The van der Waals surface area contributed by atoms with Gasteiger partial charge in [-0.15, -0.1) is 0 Å². The summed E-state index contributed by atoms with van der Waals surface area (Å²) in [4.78, 5) is 22.2. The number of nitrogens with one attached hydrogen (secondary N) is 3. The summed E-state index contributed by atoms with van der Waals surface area (Å²) in [5.74, 6) is -0.288. The lowest BCUT2D eigenvalue weighted by molar-refractivity contribution is -0.384. The Morgan fingerprint density at radius 1 is 1.30 bits per heavy atom. The number of rotatable bonds is 8. The summed E-state index contributed by atoms with van der Waals surface area (Å²) in [7, 11) is 0. The first kappa shape index (κ1) is 24.0. The molecular formula is C15H18Cl4N4O3S. The highest BCUT2D eigenvalue weighted by atomic mass is 35.6. The van der Waals surface area contributed by atoms with Gasteiger partial charge in [0, 0.05) is 18.6 Å². The number of carbonyl (C=O) groups is 1. The molecule has 0 aromatic heterocycles. The molecule has 1 aromatic carbocycles. The van der Waals surface area contributed by atoms with Crippen molar-refractivity contribution in [2.75, 3.05) is 5.32 Å². The molecule has 7 nitrogen and oxygen atoms in total. The van der Waals surface area contributed by atoms with E-state index >= 15 is 0 Å². The van der Waals surface area contributed by atoms with Crippen LogP contribution in [0, 0.1) is 10.1 Å². The summed E-state index contributed by atoms with van der Waals surface area (Å²) < 4.78 is -1.87. The van der Waals surface area contributed by atoms with E-state index in [1.807, 2.05) is 6.92 Å². The Morgan fingerprint density at radius 2 is 1.96 bits per heavy atom. The van der Waals surface area contributed by atoms with Crippen LogP contribution in [0.4, 0.5) is 11.4 Å². The zero-order chi connectivity index (χ0) is 20.6. The number of benzene rings is 1. The fraction of sp³-hybridized carbons (Fsp3) is 0.467. The number of nitro groups is 1. The van der Waals surface area contributed by atoms with Crippen LogP contribution in [0.3, 0.4) is 0 Å². The Bertz CT molecular complexity index is 700. The first-order valence-electron chi connectivity index (χ1n) is 7.92. The lowest BCUT2D eigenvalue weighted by Crippen LogP contribution is -2.56. The van der Waals surface area contributed by atoms with Gasteiger partial charge in [-0.2, -0.15) is 0 Å². The van der Waals surface area contributed by atoms with Crippen LogP contribution in [0.15, 0.2) is 18.2 Å². The molecule has 150 valence electrons. The molecule has 1 rings (SSSR count). The van der Waals surface area contributed by atoms with Crippen LogP contribution in [0.2, 0.25) is 5.02 Å². The SMILES string of the molecule is CCCCCC(=O)N[C@@H](NC(=S)Nc1ccc([N+](=O)[O-])cc1Cl)C(Cl)(Cl)Cl. The summed E-state index contributed by atoms with van der Waals surface area (Å²) in [6.45, 7) is 2.02. The van der Waals surface area contributed by atoms with Crippen LogP contribution >= 0.6 is 58.6 Å². The molecule has 1 aromatic rings. The van der Waals surface area contributed by atoms with Gasteiger partial charge in [0.15, 0.2) is 5.11 Å². The van der Waals surface area contributed by atoms with Crippen molar-refractivity contribution in [3.05, 3.63) is 33.3 Å². The van der Waals surface area contributed by atoms with E-state index in [9.17, 15) is 14.9 Å². The molecule has 0 spiro atoms. The van der Waals surface area contributed by atoms with E-state index in [-0.39, 0.29) is 21.7 Å². The van der Waals surface area contributed by atoms with Gasteiger partial charge in [-0.05, 0) is 24.7 Å². The topological polar surface area (TPSA) is 96.3 Å². The van der Waals surface area contributed by atoms with Crippen LogP contribution in [0.5, 0.6) is 0 Å². The predicted octanol–water partition coefficient (Wildman–Crippen LogP) is 4.93. The minimum atomic E-state index is -1.87. The number of anilines is 1. The number of nitrogens with zero attached hydrogens (tertiary/aromatic N) is 1. The molecule has 0 saturated carbocycles. The van der Waals surface area contributed by atoms with E-state index < -0.39 is 14.9 Å². The zero-order valence-electron chi connectivity index (χ0n) is 14.2. The maximum Gasteiger partial charge on any atom is 0.271 e. The quantitative estimate of drug-likeness (QED) is 0.123. The van der Waals surface area contributed by atoms with Gasteiger partial charge in [-0.3, -0.25) is 14.9 Å². The van der Waals surface area contributed by atoms with E-state index in [1.165, 1.54) is 18.2 Å². The number of amides is 1. The summed E-state index contributed by atoms with van der Waals surface area (Å²) in [5, 5.41) is 18.8. The first-order valence-corrected chi connectivity index (χ1v) is 9.84. The van der Waals surface area contributed by atoms with Crippen LogP contribution in [0.25, 0.3) is 0 Å². The number of hydrogen-bond acceptors (Lipinski definition) is 4. The second-order valence-electron chi connectivity index (χ2n) is 5.52. The van der Waals surface area contributed by atoms with E-state index in [0.29, 0.717) is 12.1 Å². The smallest absolute Gasteiger partial charge is 0.271 e. The molecule has 0 bridgehead atoms. The van der Waals surface area contributed by atoms with Crippen molar-refractivity contribution in [1.29, 1.82) is 0 Å². The Kier molecular flexibility index (Phi) is 9.83. The van der Waals surface area contributed by atoms with Crippen LogP contribution in [-0.4, -0.2) is 25.9 Å². The number of non-ortho nitro benzene ring substituents is 1. The van der Waals surface area contributed by atoms with Crippen molar-refractivity contribution in [3.63, 3.8) is 0 Å². The molecule has 0 unspecified atom stereocenters. The number of thiocarbonyl (C=S) groups is 1. The van der Waals surface area contributed by atoms with Gasteiger partial charge in [0.1, 0.15) is 6.17 Å². The molecule has 0 aliphatic carbocycles.